The molecule has 0 atom stereocenters. The second kappa shape index (κ2) is 11.5. The molecule has 1 aromatic heterocycles. The minimum absolute atomic E-state index is 0.107. The third-order valence-corrected chi connectivity index (χ3v) is 4.73. The van der Waals surface area contributed by atoms with Crippen LogP contribution in [0.3, 0.4) is 0 Å². The topological polar surface area (TPSA) is 108 Å². The van der Waals surface area contributed by atoms with Gasteiger partial charge in [-0.3, -0.25) is 9.59 Å². The number of hydrogen-bond acceptors (Lipinski definition) is 6. The lowest BCUT2D eigenvalue weighted by Gasteiger charge is -2.10. The van der Waals surface area contributed by atoms with Crippen LogP contribution in [0.4, 0.5) is 11.6 Å². The van der Waals surface area contributed by atoms with Crippen LogP contribution in [0, 0.1) is 13.8 Å². The predicted molar refractivity (Wildman–Crippen MR) is 126 cm³/mol. The van der Waals surface area contributed by atoms with Gasteiger partial charge in [0.15, 0.2) is 0 Å². The maximum absolute atomic E-state index is 12.1. The molecule has 0 saturated heterocycles. The number of aryl methyl sites for hydroxylation is 2. The first-order valence-corrected chi connectivity index (χ1v) is 10.5. The first-order valence-electron chi connectivity index (χ1n) is 10.5. The highest BCUT2D eigenvalue weighted by atomic mass is 16.2. The second-order valence-electron chi connectivity index (χ2n) is 7.39. The van der Waals surface area contributed by atoms with Crippen molar-refractivity contribution >= 4 is 23.5 Å². The van der Waals surface area contributed by atoms with Gasteiger partial charge < -0.3 is 21.3 Å². The Morgan fingerprint density at radius 3 is 1.47 bits per heavy atom. The van der Waals surface area contributed by atoms with Crippen LogP contribution in [-0.4, -0.2) is 48.0 Å². The molecular formula is C24H28N6O2. The average molecular weight is 433 g/mol. The Labute approximate surface area is 187 Å². The molecule has 3 rings (SSSR count). The third-order valence-electron chi connectivity index (χ3n) is 4.73. The van der Waals surface area contributed by atoms with Gasteiger partial charge in [0.2, 0.25) is 0 Å². The van der Waals surface area contributed by atoms with Crippen LogP contribution in [0.25, 0.3) is 0 Å². The molecule has 0 radical (unpaired) electrons. The highest BCUT2D eigenvalue weighted by molar-refractivity contribution is 5.94. The predicted octanol–water partition coefficient (Wildman–Crippen LogP) is 2.78. The summed E-state index contributed by atoms with van der Waals surface area (Å²) in [5.74, 6) is 1.08. The highest BCUT2D eigenvalue weighted by Crippen LogP contribution is 2.08. The fraction of sp³-hybridized carbons (Fsp3) is 0.250. The van der Waals surface area contributed by atoms with Crippen molar-refractivity contribution in [3.05, 3.63) is 83.2 Å². The van der Waals surface area contributed by atoms with E-state index in [4.69, 9.17) is 0 Å². The number of carbonyl (C=O) groups is 2. The van der Waals surface area contributed by atoms with Crippen molar-refractivity contribution in [2.75, 3.05) is 36.8 Å². The highest BCUT2D eigenvalue weighted by Gasteiger charge is 2.05. The van der Waals surface area contributed by atoms with Gasteiger partial charge in [0.1, 0.15) is 18.0 Å². The molecule has 1 heterocycles. The molecule has 2 amide bonds. The van der Waals surface area contributed by atoms with Gasteiger partial charge in [-0.25, -0.2) is 9.97 Å². The molecule has 2 aromatic carbocycles. The summed E-state index contributed by atoms with van der Waals surface area (Å²) in [7, 11) is 0. The van der Waals surface area contributed by atoms with Crippen LogP contribution in [0.2, 0.25) is 0 Å². The Balaban J connectivity index is 1.35. The standard InChI is InChI=1S/C24H28N6O2/c1-17-3-7-19(8-4-17)23(31)27-13-11-25-21-15-22(30-16-29-21)26-12-14-28-24(32)20-9-5-18(2)6-10-20/h3-10,15-16H,11-14H2,1-2H3,(H,27,31)(H,28,32)(H2,25,26,29,30). The Kier molecular flexibility index (Phi) is 8.14. The lowest BCUT2D eigenvalue weighted by atomic mass is 10.1. The normalized spacial score (nSPS) is 10.3. The van der Waals surface area contributed by atoms with E-state index in [0.717, 1.165) is 11.1 Å². The summed E-state index contributed by atoms with van der Waals surface area (Å²) in [4.78, 5) is 32.6. The summed E-state index contributed by atoms with van der Waals surface area (Å²) in [6, 6.07) is 16.7. The summed E-state index contributed by atoms with van der Waals surface area (Å²) in [5.41, 5.74) is 3.51. The summed E-state index contributed by atoms with van der Waals surface area (Å²) in [6.07, 6.45) is 1.46. The zero-order valence-electron chi connectivity index (χ0n) is 18.3. The van der Waals surface area contributed by atoms with Crippen molar-refractivity contribution in [3.8, 4) is 0 Å². The van der Waals surface area contributed by atoms with Gasteiger partial charge in [-0.15, -0.1) is 0 Å². The van der Waals surface area contributed by atoms with Crippen LogP contribution in [0.5, 0.6) is 0 Å². The van der Waals surface area contributed by atoms with Crippen molar-refractivity contribution in [2.24, 2.45) is 0 Å². The van der Waals surface area contributed by atoms with Crippen LogP contribution < -0.4 is 21.3 Å². The van der Waals surface area contributed by atoms with Crippen molar-refractivity contribution in [1.82, 2.24) is 20.6 Å². The van der Waals surface area contributed by atoms with E-state index < -0.39 is 0 Å². The molecule has 4 N–H and O–H groups in total. The third kappa shape index (κ3) is 7.09. The molecule has 0 spiro atoms. The fourth-order valence-electron chi connectivity index (χ4n) is 2.90. The summed E-state index contributed by atoms with van der Waals surface area (Å²) in [5, 5.41) is 12.1. The molecule has 32 heavy (non-hydrogen) atoms. The van der Waals surface area contributed by atoms with Gasteiger partial charge in [-0.2, -0.15) is 0 Å². The Bertz CT molecular complexity index is 954. The van der Waals surface area contributed by atoms with E-state index in [2.05, 4.69) is 31.2 Å². The van der Waals surface area contributed by atoms with Gasteiger partial charge in [0.05, 0.1) is 0 Å². The van der Waals surface area contributed by atoms with E-state index in [1.54, 1.807) is 6.07 Å². The molecule has 0 bridgehead atoms. The zero-order chi connectivity index (χ0) is 22.8. The molecule has 8 nitrogen and oxygen atoms in total. The van der Waals surface area contributed by atoms with Crippen molar-refractivity contribution in [2.45, 2.75) is 13.8 Å². The molecule has 0 aliphatic carbocycles. The van der Waals surface area contributed by atoms with Crippen molar-refractivity contribution in [3.63, 3.8) is 0 Å². The van der Waals surface area contributed by atoms with E-state index in [1.807, 2.05) is 62.4 Å². The molecule has 166 valence electrons. The first kappa shape index (κ1) is 22.7. The number of amides is 2. The molecular weight excluding hydrogens is 404 g/mol. The van der Waals surface area contributed by atoms with E-state index >= 15 is 0 Å². The smallest absolute Gasteiger partial charge is 0.251 e. The molecule has 0 aliphatic rings. The fourth-order valence-corrected chi connectivity index (χ4v) is 2.90. The number of hydrogen-bond donors (Lipinski definition) is 4. The largest absolute Gasteiger partial charge is 0.368 e. The van der Waals surface area contributed by atoms with E-state index in [9.17, 15) is 9.59 Å². The minimum Gasteiger partial charge on any atom is -0.368 e. The maximum Gasteiger partial charge on any atom is 0.251 e. The number of aromatic nitrogens is 2. The van der Waals surface area contributed by atoms with Gasteiger partial charge in [0.25, 0.3) is 11.8 Å². The lowest BCUT2D eigenvalue weighted by Crippen LogP contribution is -2.29. The summed E-state index contributed by atoms with van der Waals surface area (Å²) in [6.45, 7) is 5.95. The van der Waals surface area contributed by atoms with Crippen molar-refractivity contribution < 1.29 is 9.59 Å². The number of carbonyl (C=O) groups excluding carboxylic acids is 2. The Morgan fingerprint density at radius 2 is 1.06 bits per heavy atom. The summed E-state index contributed by atoms with van der Waals surface area (Å²) < 4.78 is 0. The van der Waals surface area contributed by atoms with Crippen LogP contribution in [-0.2, 0) is 0 Å². The second-order valence-corrected chi connectivity index (χ2v) is 7.39. The van der Waals surface area contributed by atoms with Crippen molar-refractivity contribution in [1.29, 1.82) is 0 Å². The molecule has 0 unspecified atom stereocenters. The molecule has 0 aliphatic heterocycles. The van der Waals surface area contributed by atoms with Gasteiger partial charge >= 0.3 is 0 Å². The number of benzene rings is 2. The number of nitrogens with one attached hydrogen (secondary N) is 4. The van der Waals surface area contributed by atoms with Gasteiger partial charge in [-0.05, 0) is 38.1 Å². The Hall–Kier alpha value is -3.94. The Morgan fingerprint density at radius 1 is 0.656 bits per heavy atom. The monoisotopic (exact) mass is 432 g/mol. The molecule has 8 heteroatoms. The number of nitrogens with zero attached hydrogens (tertiary/aromatic N) is 2. The van der Waals surface area contributed by atoms with Crippen LogP contribution >= 0.6 is 0 Å². The van der Waals surface area contributed by atoms with E-state index in [0.29, 0.717) is 48.9 Å². The van der Waals surface area contributed by atoms with Gasteiger partial charge in [0, 0.05) is 43.4 Å². The molecule has 3 aromatic rings. The SMILES string of the molecule is Cc1ccc(C(=O)NCCNc2cc(NCCNC(=O)c3ccc(C)cc3)ncn2)cc1. The molecule has 0 saturated carbocycles. The van der Waals surface area contributed by atoms with E-state index in [1.165, 1.54) is 6.33 Å². The lowest BCUT2D eigenvalue weighted by molar-refractivity contribution is 0.0947. The number of anilines is 2. The maximum atomic E-state index is 12.1. The minimum atomic E-state index is -0.107. The zero-order valence-corrected chi connectivity index (χ0v) is 18.3. The van der Waals surface area contributed by atoms with Crippen LogP contribution in [0.15, 0.2) is 60.9 Å². The van der Waals surface area contributed by atoms with E-state index in [-0.39, 0.29) is 11.8 Å². The van der Waals surface area contributed by atoms with Gasteiger partial charge in [-0.1, -0.05) is 35.4 Å². The summed E-state index contributed by atoms with van der Waals surface area (Å²) >= 11 is 0. The quantitative estimate of drug-likeness (QED) is 0.367. The first-order chi connectivity index (χ1) is 15.5. The molecule has 0 fully saturated rings. The average Bonchev–Trinajstić information content (AvgIpc) is 2.80. The van der Waals surface area contributed by atoms with Crippen LogP contribution in [0.1, 0.15) is 31.8 Å². The number of rotatable bonds is 10.